The zero-order chi connectivity index (χ0) is 20.4. The molecule has 1 aliphatic heterocycles. The number of aromatic nitrogens is 4. The Morgan fingerprint density at radius 3 is 2.76 bits per heavy atom. The fourth-order valence-corrected chi connectivity index (χ4v) is 3.81. The van der Waals surface area contributed by atoms with Crippen LogP contribution in [0.3, 0.4) is 0 Å². The molecule has 0 spiro atoms. The van der Waals surface area contributed by atoms with Crippen molar-refractivity contribution >= 4 is 23.4 Å². The van der Waals surface area contributed by atoms with Crippen molar-refractivity contribution in [1.29, 1.82) is 0 Å². The van der Waals surface area contributed by atoms with E-state index < -0.39 is 0 Å². The Bertz CT molecular complexity index is 1020. The van der Waals surface area contributed by atoms with Gasteiger partial charge in [-0.1, -0.05) is 29.8 Å². The highest BCUT2D eigenvalue weighted by atomic mass is 35.5. The van der Waals surface area contributed by atoms with Gasteiger partial charge in [0.1, 0.15) is 11.6 Å². The van der Waals surface area contributed by atoms with Crippen molar-refractivity contribution in [2.75, 3.05) is 11.9 Å². The van der Waals surface area contributed by atoms with Crippen molar-refractivity contribution in [3.63, 3.8) is 0 Å². The number of carbonyl (C=O) groups excluding carboxylic acids is 1. The molecule has 1 aliphatic rings. The van der Waals surface area contributed by atoms with Crippen LogP contribution in [0, 0.1) is 13.8 Å². The highest BCUT2D eigenvalue weighted by Gasteiger charge is 2.34. The van der Waals surface area contributed by atoms with E-state index in [0.29, 0.717) is 23.9 Å². The van der Waals surface area contributed by atoms with Gasteiger partial charge in [0.25, 0.3) is 0 Å². The largest absolute Gasteiger partial charge is 0.323 e. The van der Waals surface area contributed by atoms with E-state index in [4.69, 9.17) is 11.6 Å². The number of amides is 2. The van der Waals surface area contributed by atoms with Gasteiger partial charge in [-0.15, -0.1) is 10.2 Å². The van der Waals surface area contributed by atoms with Crippen LogP contribution < -0.4 is 5.32 Å². The first kappa shape index (κ1) is 19.4. The lowest BCUT2D eigenvalue weighted by molar-refractivity contribution is 0.203. The standard InChI is InChI=1S/C21H23ClN6O/c1-14-5-3-11-23-19(14)24-21(29)27-12-4-6-18(27)20-26-25-15(2)28(20)13-16-7-9-17(22)10-8-16/h3,5,7-11,18H,4,6,12-13H2,1-2H3,(H,23,24,29)/t18-/m1/s1. The first-order chi connectivity index (χ1) is 14.0. The smallest absolute Gasteiger partial charge is 0.314 e. The number of benzene rings is 1. The Hall–Kier alpha value is -2.93. The summed E-state index contributed by atoms with van der Waals surface area (Å²) in [4.78, 5) is 19.1. The lowest BCUT2D eigenvalue weighted by atomic mass is 10.2. The van der Waals surface area contributed by atoms with Gasteiger partial charge in [-0.3, -0.25) is 5.32 Å². The summed E-state index contributed by atoms with van der Waals surface area (Å²) in [6, 6.07) is 11.2. The summed E-state index contributed by atoms with van der Waals surface area (Å²) < 4.78 is 2.07. The molecule has 0 radical (unpaired) electrons. The minimum Gasteiger partial charge on any atom is -0.314 e. The first-order valence-corrected chi connectivity index (χ1v) is 10.0. The number of pyridine rings is 1. The fourth-order valence-electron chi connectivity index (χ4n) is 3.68. The Kier molecular flexibility index (Phi) is 5.49. The predicted octanol–water partition coefficient (Wildman–Crippen LogP) is 4.36. The lowest BCUT2D eigenvalue weighted by Gasteiger charge is -2.25. The molecule has 3 aromatic rings. The maximum atomic E-state index is 13.0. The second-order valence-electron chi connectivity index (χ2n) is 7.27. The van der Waals surface area contributed by atoms with Gasteiger partial charge in [0, 0.05) is 17.8 Å². The second kappa shape index (κ2) is 8.21. The molecule has 7 nitrogen and oxygen atoms in total. The van der Waals surface area contributed by atoms with Crippen LogP contribution in [-0.2, 0) is 6.54 Å². The van der Waals surface area contributed by atoms with Gasteiger partial charge in [-0.05, 0) is 56.0 Å². The Morgan fingerprint density at radius 1 is 1.21 bits per heavy atom. The Morgan fingerprint density at radius 2 is 2.00 bits per heavy atom. The number of hydrogen-bond acceptors (Lipinski definition) is 4. The molecule has 1 N–H and O–H groups in total. The van der Waals surface area contributed by atoms with Crippen LogP contribution >= 0.6 is 11.6 Å². The molecule has 8 heteroatoms. The topological polar surface area (TPSA) is 75.9 Å². The van der Waals surface area contributed by atoms with Gasteiger partial charge in [-0.2, -0.15) is 0 Å². The third kappa shape index (κ3) is 4.10. The molecule has 0 bridgehead atoms. The average Bonchev–Trinajstić information content (AvgIpc) is 3.32. The summed E-state index contributed by atoms with van der Waals surface area (Å²) in [6.07, 6.45) is 3.45. The van der Waals surface area contributed by atoms with Crippen molar-refractivity contribution in [3.05, 3.63) is 70.4 Å². The molecular formula is C21H23ClN6O. The third-order valence-electron chi connectivity index (χ3n) is 5.26. The van der Waals surface area contributed by atoms with E-state index in [0.717, 1.165) is 35.6 Å². The monoisotopic (exact) mass is 410 g/mol. The third-order valence-corrected chi connectivity index (χ3v) is 5.52. The zero-order valence-electron chi connectivity index (χ0n) is 16.5. The van der Waals surface area contributed by atoms with Gasteiger partial charge in [0.05, 0.1) is 12.6 Å². The molecule has 29 heavy (non-hydrogen) atoms. The van der Waals surface area contributed by atoms with Gasteiger partial charge in [0.2, 0.25) is 0 Å². The number of anilines is 1. The van der Waals surface area contributed by atoms with Crippen molar-refractivity contribution in [1.82, 2.24) is 24.6 Å². The summed E-state index contributed by atoms with van der Waals surface area (Å²) in [7, 11) is 0. The van der Waals surface area contributed by atoms with Gasteiger partial charge >= 0.3 is 6.03 Å². The number of carbonyl (C=O) groups is 1. The van der Waals surface area contributed by atoms with Crippen LogP contribution in [0.15, 0.2) is 42.6 Å². The summed E-state index contributed by atoms with van der Waals surface area (Å²) >= 11 is 6.00. The summed E-state index contributed by atoms with van der Waals surface area (Å²) in [6.45, 7) is 5.17. The maximum Gasteiger partial charge on any atom is 0.323 e. The number of urea groups is 1. The molecule has 0 saturated carbocycles. The minimum atomic E-state index is -0.159. The Labute approximate surface area is 174 Å². The molecule has 3 heterocycles. The average molecular weight is 411 g/mol. The van der Waals surface area contributed by atoms with E-state index in [-0.39, 0.29) is 12.1 Å². The fraction of sp³-hybridized carbons (Fsp3) is 0.333. The zero-order valence-corrected chi connectivity index (χ0v) is 17.2. The maximum absolute atomic E-state index is 13.0. The molecule has 150 valence electrons. The van der Waals surface area contributed by atoms with Crippen LogP contribution in [0.2, 0.25) is 5.02 Å². The molecule has 0 unspecified atom stereocenters. The molecule has 1 fully saturated rings. The summed E-state index contributed by atoms with van der Waals surface area (Å²) in [5.41, 5.74) is 2.04. The lowest BCUT2D eigenvalue weighted by Crippen LogP contribution is -2.36. The molecule has 1 saturated heterocycles. The number of rotatable bonds is 4. The van der Waals surface area contributed by atoms with Crippen molar-refractivity contribution in [2.24, 2.45) is 0 Å². The van der Waals surface area contributed by atoms with Gasteiger partial charge < -0.3 is 9.47 Å². The Balaban J connectivity index is 1.57. The predicted molar refractivity (Wildman–Crippen MR) is 112 cm³/mol. The van der Waals surface area contributed by atoms with E-state index in [1.807, 2.05) is 55.1 Å². The van der Waals surface area contributed by atoms with Gasteiger partial charge in [-0.25, -0.2) is 9.78 Å². The molecule has 4 rings (SSSR count). The highest BCUT2D eigenvalue weighted by Crippen LogP contribution is 2.32. The van der Waals surface area contributed by atoms with Crippen molar-refractivity contribution in [3.8, 4) is 0 Å². The normalized spacial score (nSPS) is 16.2. The van der Waals surface area contributed by atoms with Crippen LogP contribution in [0.25, 0.3) is 0 Å². The van der Waals surface area contributed by atoms with E-state index in [2.05, 4.69) is 25.1 Å². The number of hydrogen-bond donors (Lipinski definition) is 1. The number of aryl methyl sites for hydroxylation is 2. The number of halogens is 1. The molecule has 1 aromatic carbocycles. The molecule has 0 aliphatic carbocycles. The first-order valence-electron chi connectivity index (χ1n) is 9.66. The van der Waals surface area contributed by atoms with Crippen molar-refractivity contribution in [2.45, 2.75) is 39.3 Å². The molecule has 2 aromatic heterocycles. The number of nitrogens with one attached hydrogen (secondary N) is 1. The quantitative estimate of drug-likeness (QED) is 0.693. The van der Waals surface area contributed by atoms with Crippen LogP contribution in [-0.4, -0.2) is 37.2 Å². The molecule has 1 atom stereocenters. The summed E-state index contributed by atoms with van der Waals surface area (Å²) in [5, 5.41) is 12.3. The van der Waals surface area contributed by atoms with Crippen LogP contribution in [0.4, 0.5) is 10.6 Å². The molecular weight excluding hydrogens is 388 g/mol. The second-order valence-corrected chi connectivity index (χ2v) is 7.70. The van der Waals surface area contributed by atoms with Crippen LogP contribution in [0.1, 0.15) is 41.7 Å². The van der Waals surface area contributed by atoms with Crippen LogP contribution in [0.5, 0.6) is 0 Å². The van der Waals surface area contributed by atoms with E-state index in [9.17, 15) is 4.79 Å². The van der Waals surface area contributed by atoms with Gasteiger partial charge in [0.15, 0.2) is 5.82 Å². The van der Waals surface area contributed by atoms with Crippen molar-refractivity contribution < 1.29 is 4.79 Å². The SMILES string of the molecule is Cc1cccnc1NC(=O)N1CCC[C@@H]1c1nnc(C)n1Cc1ccc(Cl)cc1. The molecule has 2 amide bonds. The highest BCUT2D eigenvalue weighted by molar-refractivity contribution is 6.30. The summed E-state index contributed by atoms with van der Waals surface area (Å²) in [5.74, 6) is 2.22. The van der Waals surface area contributed by atoms with E-state index in [1.54, 1.807) is 6.20 Å². The number of likely N-dealkylation sites (tertiary alicyclic amines) is 1. The number of nitrogens with zero attached hydrogens (tertiary/aromatic N) is 5. The van der Waals surface area contributed by atoms with E-state index in [1.165, 1.54) is 0 Å². The minimum absolute atomic E-state index is 0.118. The van der Waals surface area contributed by atoms with E-state index >= 15 is 0 Å².